The molecule has 0 aliphatic carbocycles. The number of imidazole rings is 2. The lowest BCUT2D eigenvalue weighted by atomic mass is 9.96. The van der Waals surface area contributed by atoms with Crippen molar-refractivity contribution in [1.29, 1.82) is 0 Å². The molecule has 16 N–H and O–H groups in total. The van der Waals surface area contributed by atoms with Gasteiger partial charge in [0.1, 0.15) is 54.6 Å². The first-order chi connectivity index (χ1) is 54.8. The highest BCUT2D eigenvalue weighted by Gasteiger charge is 2.42. The lowest BCUT2D eigenvalue weighted by molar-refractivity contribution is -0.143. The number of guanidine groups is 1. The Morgan fingerprint density at radius 1 is 0.746 bits per heavy atom. The number of thioether (sulfide) groups is 1. The van der Waals surface area contributed by atoms with Gasteiger partial charge in [-0.05, 0) is 125 Å². The highest BCUT2D eigenvalue weighted by molar-refractivity contribution is 8.00. The number of methoxy groups -OCH3 is 2. The maximum Gasteiger partial charge on any atom is 0.326 e. The summed E-state index contributed by atoms with van der Waals surface area (Å²) in [6.45, 7) is 11.2. The number of H-pyrrole nitrogens is 2. The van der Waals surface area contributed by atoms with Gasteiger partial charge in [-0.25, -0.2) is 14.8 Å². The number of carbonyl (C=O) groups excluding carboxylic acids is 11. The first-order valence-corrected chi connectivity index (χ1v) is 39.7. The van der Waals surface area contributed by atoms with E-state index in [9.17, 15) is 67.7 Å². The Morgan fingerprint density at radius 2 is 1.45 bits per heavy atom. The third-order valence-electron chi connectivity index (χ3n) is 19.9. The number of likely N-dealkylation sites (tertiary alicyclic amines) is 3. The first kappa shape index (κ1) is 90.5. The van der Waals surface area contributed by atoms with Crippen LogP contribution in [-0.2, 0) is 87.9 Å². The predicted molar refractivity (Wildman–Crippen MR) is 421 cm³/mol. The number of phenolic OH excluding ortho intramolecular Hbond substituents is 1. The second kappa shape index (κ2) is 47.1. The fraction of sp³-hybridized carbons (Fsp3) is 0.571. The van der Waals surface area contributed by atoms with Crippen LogP contribution in [0, 0.1) is 5.92 Å². The minimum absolute atomic E-state index is 0.0226. The standard InChI is InChI=1S/C77H112N18O18S/c1-7-27-93-28-13-17-53(93)43-84-69(101)55-35-50(37-61(110-5)67(55)111-6)16-15-34-114-62-40-65(99)95(75(62)107)29-11-9-10-20-63(97)82-26-31-112-32-33-113-44-64(98)88-57(38-51-41-80-45-85-51)71(103)87-48(4)68(100)92-66(47(3)8-2)73(105)90-58(36-49-21-23-54(96)24-22-49)74(106)94-30-14-19-60(94)72(104)89-56(18-12-25-83-77(78)79)70(102)91-59(76(108)109)39-52-42-81-46-86-52/h7,21-24,35,37,41-42,45-48,53,56-60,62,66,96H,1,8-20,25-34,36,38-40,43-44H2,2-6H3,(H,80,85)(H,81,86)(H,82,97)(H,84,101)(H,87,103)(H,88,98)(H,89,104)(H,90,105)(H,91,102)(H,92,100)(H,108,109)(H4,78,79,83)/t47-,48-,53-,56-,57-,58-,59-,60-,62?,66-/m0/s1. The van der Waals surface area contributed by atoms with Gasteiger partial charge in [-0.15, -0.1) is 18.3 Å². The molecule has 0 saturated carbocycles. The van der Waals surface area contributed by atoms with Crippen molar-refractivity contribution in [3.63, 3.8) is 0 Å². The molecule has 3 aliphatic rings. The lowest BCUT2D eigenvalue weighted by Gasteiger charge is -2.32. The number of amides is 11. The van der Waals surface area contributed by atoms with Crippen molar-refractivity contribution in [3.05, 3.63) is 102 Å². The van der Waals surface area contributed by atoms with E-state index in [1.54, 1.807) is 26.0 Å². The van der Waals surface area contributed by atoms with Crippen molar-refractivity contribution < 1.29 is 86.7 Å². The van der Waals surface area contributed by atoms with Crippen molar-refractivity contribution in [2.45, 2.75) is 184 Å². The Morgan fingerprint density at radius 3 is 2.12 bits per heavy atom. The molecule has 2 aromatic heterocycles. The normalized spacial score (nSPS) is 17.3. The molecule has 4 aromatic rings. The number of hydrogen-bond donors (Lipinski definition) is 14. The summed E-state index contributed by atoms with van der Waals surface area (Å²) < 4.78 is 22.3. The van der Waals surface area contributed by atoms with Crippen molar-refractivity contribution in [1.82, 2.24) is 77.2 Å². The molecule has 37 heteroatoms. The molecule has 36 nitrogen and oxygen atoms in total. The van der Waals surface area contributed by atoms with Crippen LogP contribution in [-0.4, -0.2) is 268 Å². The molecule has 114 heavy (non-hydrogen) atoms. The van der Waals surface area contributed by atoms with Crippen LogP contribution in [0.2, 0.25) is 0 Å². The number of aliphatic carboxylic acids is 1. The van der Waals surface area contributed by atoms with Crippen LogP contribution in [0.1, 0.15) is 137 Å². The van der Waals surface area contributed by atoms with Gasteiger partial charge in [-0.1, -0.05) is 44.9 Å². The minimum Gasteiger partial charge on any atom is -0.508 e. The number of rotatable bonds is 51. The minimum atomic E-state index is -1.42. The number of nitrogens with one attached hydrogen (secondary N) is 10. The van der Waals surface area contributed by atoms with E-state index in [2.05, 4.69) is 78.9 Å². The smallest absolute Gasteiger partial charge is 0.326 e. The molecule has 5 heterocycles. The van der Waals surface area contributed by atoms with E-state index in [4.69, 9.17) is 30.4 Å². The van der Waals surface area contributed by atoms with Gasteiger partial charge < -0.3 is 98.0 Å². The third kappa shape index (κ3) is 28.8. The van der Waals surface area contributed by atoms with Crippen LogP contribution in [0.5, 0.6) is 17.2 Å². The van der Waals surface area contributed by atoms with Crippen LogP contribution in [0.15, 0.2) is 79.1 Å². The summed E-state index contributed by atoms with van der Waals surface area (Å²) in [5.41, 5.74) is 13.7. The Balaban J connectivity index is 0.811. The number of hydrogen-bond acceptors (Lipinski definition) is 22. The number of aromatic amines is 2. The number of benzene rings is 2. The number of ether oxygens (including phenoxy) is 4. The van der Waals surface area contributed by atoms with Gasteiger partial charge in [0, 0.05) is 101 Å². The lowest BCUT2D eigenvalue weighted by Crippen LogP contribution is -2.61. The second-order valence-corrected chi connectivity index (χ2v) is 29.7. The maximum absolute atomic E-state index is 14.9. The number of aromatic nitrogens is 4. The zero-order chi connectivity index (χ0) is 82.6. The van der Waals surface area contributed by atoms with Gasteiger partial charge in [-0.2, -0.15) is 0 Å². The van der Waals surface area contributed by atoms with E-state index in [1.165, 1.54) is 79.9 Å². The number of nitrogens with two attached hydrogens (primary N) is 2. The van der Waals surface area contributed by atoms with E-state index in [-0.39, 0.29) is 139 Å². The van der Waals surface area contributed by atoms with E-state index in [0.29, 0.717) is 91.3 Å². The molecule has 7 rings (SSSR count). The van der Waals surface area contributed by atoms with Crippen LogP contribution < -0.4 is 63.5 Å². The highest BCUT2D eigenvalue weighted by Crippen LogP contribution is 2.34. The number of nitrogens with zero attached hydrogens (tertiary/aromatic N) is 6. The van der Waals surface area contributed by atoms with Crippen molar-refractivity contribution in [3.8, 4) is 17.2 Å². The van der Waals surface area contributed by atoms with Gasteiger partial charge in [0.15, 0.2) is 17.5 Å². The Hall–Kier alpha value is -10.7. The fourth-order valence-corrected chi connectivity index (χ4v) is 14.7. The zero-order valence-electron chi connectivity index (χ0n) is 65.5. The summed E-state index contributed by atoms with van der Waals surface area (Å²) in [6.07, 6.45) is 13.5. The molecule has 10 atom stereocenters. The largest absolute Gasteiger partial charge is 0.508 e. The second-order valence-electron chi connectivity index (χ2n) is 28.4. The first-order valence-electron chi connectivity index (χ1n) is 38.7. The molecule has 1 unspecified atom stereocenters. The number of aromatic hydroxyl groups is 1. The van der Waals surface area contributed by atoms with Gasteiger partial charge >= 0.3 is 5.97 Å². The summed E-state index contributed by atoms with van der Waals surface area (Å²) in [6, 6.07) is 0.694. The number of aliphatic imine (C=N–C) groups is 1. The van der Waals surface area contributed by atoms with E-state index >= 15 is 0 Å². The number of aryl methyl sites for hydroxylation is 1. The van der Waals surface area contributed by atoms with Crippen LogP contribution >= 0.6 is 11.8 Å². The summed E-state index contributed by atoms with van der Waals surface area (Å²) in [4.78, 5) is 186. The van der Waals surface area contributed by atoms with Crippen LogP contribution in [0.25, 0.3) is 0 Å². The molecule has 11 amide bonds. The SMILES string of the molecule is C=CCN1CCC[C@H]1CNC(=O)c1cc(CCCSC2CC(=O)N(CCCCCC(=O)NCCOCCOCC(=O)N[C@@H](Cc3cnc[nH]3)C(=O)N[C@@H](C)C(=O)N[C@H](C(=O)N[C@@H](Cc3ccc(O)cc3)C(=O)N3CCC[C@H]3C(=O)N[C@@H](CCCN=C(N)N)C(=O)N[C@@H](Cc3cnc[nH]3)C(=O)O)[C@@H](C)CC)C2=O)cc(OC)c1OC. The van der Waals surface area contributed by atoms with Crippen molar-refractivity contribution >= 4 is 88.7 Å². The fourth-order valence-electron chi connectivity index (χ4n) is 13.5. The van der Waals surface area contributed by atoms with Gasteiger partial charge in [-0.3, -0.25) is 67.5 Å². The monoisotopic (exact) mass is 1610 g/mol. The van der Waals surface area contributed by atoms with Gasteiger partial charge in [0.2, 0.25) is 59.1 Å². The number of phenols is 1. The molecule has 0 bridgehead atoms. The number of imide groups is 1. The predicted octanol–water partition coefficient (Wildman–Crippen LogP) is 0.571. The Labute approximate surface area is 667 Å². The zero-order valence-corrected chi connectivity index (χ0v) is 66.3. The number of unbranched alkanes of at least 4 members (excludes halogenated alkanes) is 2. The molecule has 2 aromatic carbocycles. The third-order valence-corrected chi connectivity index (χ3v) is 21.2. The molecule has 0 spiro atoms. The quantitative estimate of drug-likeness (QED) is 0.00945. The average molecular weight is 1610 g/mol. The van der Waals surface area contributed by atoms with E-state index in [1.807, 2.05) is 18.2 Å². The summed E-state index contributed by atoms with van der Waals surface area (Å²) in [7, 11) is 3.03. The molecule has 624 valence electrons. The topological polar surface area (TPSA) is 510 Å². The molecular weight excluding hydrogens is 1500 g/mol. The average Bonchev–Trinajstić information content (AvgIpc) is 1.09. The molecular formula is C77H112N18O18S. The molecule has 0 radical (unpaired) electrons. The maximum atomic E-state index is 14.9. The number of carbonyl (C=O) groups is 12. The van der Waals surface area contributed by atoms with E-state index in [0.717, 1.165) is 31.5 Å². The summed E-state index contributed by atoms with van der Waals surface area (Å²) in [5.74, 6) is -6.89. The van der Waals surface area contributed by atoms with Crippen molar-refractivity contribution in [2.75, 3.05) is 92.2 Å². The highest BCUT2D eigenvalue weighted by atomic mass is 32.2. The Bertz CT molecular complexity index is 3880. The molecule has 3 aliphatic heterocycles. The number of carboxylic acids is 1. The molecule has 3 fully saturated rings. The Kier molecular flexibility index (Phi) is 37.4. The summed E-state index contributed by atoms with van der Waals surface area (Å²) in [5, 5.41) is 41.5. The van der Waals surface area contributed by atoms with Gasteiger partial charge in [0.05, 0.1) is 57.5 Å². The molecule has 3 saturated heterocycles. The van der Waals surface area contributed by atoms with Crippen LogP contribution in [0.4, 0.5) is 0 Å². The van der Waals surface area contributed by atoms with Crippen LogP contribution in [0.3, 0.4) is 0 Å². The van der Waals surface area contributed by atoms with Crippen molar-refractivity contribution in [2.24, 2.45) is 22.4 Å². The van der Waals surface area contributed by atoms with E-state index < -0.39 is 107 Å². The number of carboxylic acid groups (broad SMARTS) is 1. The summed E-state index contributed by atoms with van der Waals surface area (Å²) >= 11 is 1.44. The van der Waals surface area contributed by atoms with Gasteiger partial charge in [0.25, 0.3) is 5.91 Å².